The average molecular weight is 367 g/mol. The molecule has 0 spiro atoms. The predicted octanol–water partition coefficient (Wildman–Crippen LogP) is 5.70. The second-order valence-electron chi connectivity index (χ2n) is 6.69. The highest BCUT2D eigenvalue weighted by Crippen LogP contribution is 2.27. The minimum absolute atomic E-state index is 0.590. The second-order valence-corrected chi connectivity index (χ2v) is 6.69. The summed E-state index contributed by atoms with van der Waals surface area (Å²) in [5.41, 5.74) is 3.79. The molecular weight excluding hydrogens is 346 g/mol. The van der Waals surface area contributed by atoms with E-state index in [0.29, 0.717) is 11.4 Å². The standard InChI is InChI=1S/C25H21NO2/c1-28-25-16-13-21-9-5-6-10-23(21)24(25)18-26(27)22-14-11-20(12-15-22)17-19-7-3-2-4-8-19/h2-16,18H,17H2,1H3/b26-18-. The fourth-order valence-corrected chi connectivity index (χ4v) is 3.37. The fraction of sp³-hybridized carbons (Fsp3) is 0.0800. The normalized spacial score (nSPS) is 11.5. The molecular formula is C25H21NO2. The molecule has 0 aromatic heterocycles. The van der Waals surface area contributed by atoms with Gasteiger partial charge in [-0.2, -0.15) is 4.74 Å². The molecule has 0 aliphatic rings. The van der Waals surface area contributed by atoms with Gasteiger partial charge in [0, 0.05) is 12.1 Å². The van der Waals surface area contributed by atoms with Gasteiger partial charge in [-0.05, 0) is 34.4 Å². The van der Waals surface area contributed by atoms with E-state index in [1.54, 1.807) is 13.3 Å². The highest BCUT2D eigenvalue weighted by atomic mass is 16.5. The number of ether oxygens (including phenoxy) is 1. The summed E-state index contributed by atoms with van der Waals surface area (Å²) in [6.07, 6.45) is 2.44. The van der Waals surface area contributed by atoms with E-state index in [0.717, 1.165) is 27.5 Å². The Morgan fingerprint density at radius 1 is 0.786 bits per heavy atom. The van der Waals surface area contributed by atoms with Gasteiger partial charge < -0.3 is 9.94 Å². The number of fused-ring (bicyclic) bond motifs is 1. The molecule has 3 nitrogen and oxygen atoms in total. The third kappa shape index (κ3) is 3.74. The predicted molar refractivity (Wildman–Crippen MR) is 115 cm³/mol. The Morgan fingerprint density at radius 3 is 2.21 bits per heavy atom. The Morgan fingerprint density at radius 2 is 1.46 bits per heavy atom. The van der Waals surface area contributed by atoms with Gasteiger partial charge in [-0.1, -0.05) is 72.8 Å². The molecule has 0 saturated heterocycles. The van der Waals surface area contributed by atoms with E-state index in [1.165, 1.54) is 11.1 Å². The lowest BCUT2D eigenvalue weighted by atomic mass is 10.0. The van der Waals surface area contributed by atoms with Crippen molar-refractivity contribution in [2.45, 2.75) is 6.42 Å². The van der Waals surface area contributed by atoms with E-state index in [4.69, 9.17) is 4.74 Å². The Kier molecular flexibility index (Phi) is 5.07. The zero-order chi connectivity index (χ0) is 19.3. The highest BCUT2D eigenvalue weighted by Gasteiger charge is 2.11. The van der Waals surface area contributed by atoms with Gasteiger partial charge in [-0.3, -0.25) is 0 Å². The lowest BCUT2D eigenvalue weighted by Crippen LogP contribution is -2.02. The van der Waals surface area contributed by atoms with E-state index >= 15 is 0 Å². The molecule has 4 rings (SSSR count). The quantitative estimate of drug-likeness (QED) is 0.196. The molecule has 0 aliphatic carbocycles. The van der Waals surface area contributed by atoms with Crippen LogP contribution in [0, 0.1) is 5.21 Å². The van der Waals surface area contributed by atoms with Gasteiger partial charge in [0.05, 0.1) is 12.7 Å². The van der Waals surface area contributed by atoms with E-state index in [1.807, 2.05) is 78.9 Å². The first kappa shape index (κ1) is 17.8. The zero-order valence-corrected chi connectivity index (χ0v) is 15.7. The molecule has 0 saturated carbocycles. The third-order valence-corrected chi connectivity index (χ3v) is 4.84. The van der Waals surface area contributed by atoms with Crippen LogP contribution in [-0.2, 0) is 6.42 Å². The fourth-order valence-electron chi connectivity index (χ4n) is 3.37. The van der Waals surface area contributed by atoms with Crippen molar-refractivity contribution in [2.75, 3.05) is 7.11 Å². The Balaban J connectivity index is 1.65. The van der Waals surface area contributed by atoms with Gasteiger partial charge in [-0.25, -0.2) is 0 Å². The van der Waals surface area contributed by atoms with Crippen LogP contribution in [0.1, 0.15) is 16.7 Å². The summed E-state index contributed by atoms with van der Waals surface area (Å²) in [6.45, 7) is 0. The molecule has 0 amide bonds. The minimum atomic E-state index is 0.590. The van der Waals surface area contributed by atoms with Gasteiger partial charge in [0.15, 0.2) is 6.21 Å². The Bertz CT molecular complexity index is 1120. The number of hydrogen-bond donors (Lipinski definition) is 0. The SMILES string of the molecule is COc1ccc2ccccc2c1/C=[N+](\[O-])c1ccc(Cc2ccccc2)cc1. The molecule has 3 heteroatoms. The summed E-state index contributed by atoms with van der Waals surface area (Å²) in [5.74, 6) is 0.681. The third-order valence-electron chi connectivity index (χ3n) is 4.84. The maximum atomic E-state index is 12.8. The largest absolute Gasteiger partial charge is 0.618 e. The monoisotopic (exact) mass is 367 g/mol. The van der Waals surface area contributed by atoms with Crippen molar-refractivity contribution in [3.63, 3.8) is 0 Å². The number of hydrogen-bond acceptors (Lipinski definition) is 2. The number of rotatable bonds is 5. The van der Waals surface area contributed by atoms with Crippen LogP contribution >= 0.6 is 0 Å². The molecule has 0 aliphatic heterocycles. The molecule has 0 unspecified atom stereocenters. The van der Waals surface area contributed by atoms with E-state index < -0.39 is 0 Å². The summed E-state index contributed by atoms with van der Waals surface area (Å²) in [6, 6.07) is 29.9. The summed E-state index contributed by atoms with van der Waals surface area (Å²) < 4.78 is 6.38. The van der Waals surface area contributed by atoms with Crippen LogP contribution in [0.2, 0.25) is 0 Å². The Labute approximate surface area is 164 Å². The minimum Gasteiger partial charge on any atom is -0.618 e. The molecule has 0 fully saturated rings. The van der Waals surface area contributed by atoms with E-state index in [9.17, 15) is 5.21 Å². The van der Waals surface area contributed by atoms with Crippen LogP contribution in [0.3, 0.4) is 0 Å². The van der Waals surface area contributed by atoms with Crippen molar-refractivity contribution in [3.8, 4) is 5.75 Å². The van der Waals surface area contributed by atoms with Crippen molar-refractivity contribution < 1.29 is 9.48 Å². The summed E-state index contributed by atoms with van der Waals surface area (Å²) in [5, 5.41) is 14.9. The average Bonchev–Trinajstić information content (AvgIpc) is 2.75. The van der Waals surface area contributed by atoms with E-state index in [2.05, 4.69) is 12.1 Å². The molecule has 0 heterocycles. The second kappa shape index (κ2) is 7.97. The molecule has 0 radical (unpaired) electrons. The van der Waals surface area contributed by atoms with Crippen molar-refractivity contribution in [3.05, 3.63) is 113 Å². The summed E-state index contributed by atoms with van der Waals surface area (Å²) >= 11 is 0. The summed E-state index contributed by atoms with van der Waals surface area (Å²) in [4.78, 5) is 0. The lowest BCUT2D eigenvalue weighted by molar-refractivity contribution is -0.354. The van der Waals surface area contributed by atoms with Crippen LogP contribution in [0.5, 0.6) is 5.75 Å². The molecule has 28 heavy (non-hydrogen) atoms. The first-order valence-corrected chi connectivity index (χ1v) is 9.24. The Hall–Kier alpha value is -3.59. The molecule has 0 atom stereocenters. The van der Waals surface area contributed by atoms with Crippen LogP contribution in [0.15, 0.2) is 91.0 Å². The van der Waals surface area contributed by atoms with Crippen molar-refractivity contribution in [1.29, 1.82) is 0 Å². The van der Waals surface area contributed by atoms with Crippen molar-refractivity contribution in [2.24, 2.45) is 0 Å². The summed E-state index contributed by atoms with van der Waals surface area (Å²) in [7, 11) is 1.62. The number of benzene rings is 4. The molecule has 4 aromatic carbocycles. The topological polar surface area (TPSA) is 35.3 Å². The van der Waals surface area contributed by atoms with Gasteiger partial charge in [0.2, 0.25) is 5.69 Å². The smallest absolute Gasteiger partial charge is 0.216 e. The van der Waals surface area contributed by atoms with Crippen LogP contribution in [0.4, 0.5) is 5.69 Å². The van der Waals surface area contributed by atoms with Crippen LogP contribution in [-0.4, -0.2) is 18.1 Å². The first-order valence-electron chi connectivity index (χ1n) is 9.24. The van der Waals surface area contributed by atoms with Crippen LogP contribution < -0.4 is 4.74 Å². The van der Waals surface area contributed by atoms with Gasteiger partial charge in [0.25, 0.3) is 0 Å². The molecule has 0 bridgehead atoms. The van der Waals surface area contributed by atoms with Crippen molar-refractivity contribution >= 4 is 22.7 Å². The molecule has 0 N–H and O–H groups in total. The maximum Gasteiger partial charge on any atom is 0.216 e. The molecule has 4 aromatic rings. The number of nitrogens with zero attached hydrogens (tertiary/aromatic N) is 1. The van der Waals surface area contributed by atoms with Gasteiger partial charge >= 0.3 is 0 Å². The maximum absolute atomic E-state index is 12.8. The first-order chi connectivity index (χ1) is 13.7. The zero-order valence-electron chi connectivity index (χ0n) is 15.7. The number of methoxy groups -OCH3 is 1. The van der Waals surface area contributed by atoms with E-state index in [-0.39, 0.29) is 0 Å². The molecule has 138 valence electrons. The lowest BCUT2D eigenvalue weighted by Gasteiger charge is -2.09. The van der Waals surface area contributed by atoms with Gasteiger partial charge in [0.1, 0.15) is 5.75 Å². The van der Waals surface area contributed by atoms with Crippen molar-refractivity contribution in [1.82, 2.24) is 0 Å². The highest BCUT2D eigenvalue weighted by molar-refractivity contribution is 6.01. The van der Waals surface area contributed by atoms with Crippen LogP contribution in [0.25, 0.3) is 10.8 Å². The van der Waals surface area contributed by atoms with Gasteiger partial charge in [-0.15, -0.1) is 0 Å².